The Kier molecular flexibility index (Phi) is 11.0. The van der Waals surface area contributed by atoms with E-state index in [1.165, 1.54) is 64.2 Å². The molecule has 2 atom stereocenters. The average Bonchev–Trinajstić information content (AvgIpc) is 3.20. The van der Waals surface area contributed by atoms with Gasteiger partial charge in [-0.1, -0.05) is 64.0 Å². The second-order valence-electron chi connectivity index (χ2n) is 6.05. The van der Waals surface area contributed by atoms with Crippen molar-refractivity contribution in [2.75, 3.05) is 6.61 Å². The van der Waals surface area contributed by atoms with E-state index in [1.807, 2.05) is 0 Å². The van der Waals surface area contributed by atoms with Crippen LogP contribution in [0, 0.1) is 0 Å². The molecule has 0 amide bonds. The summed E-state index contributed by atoms with van der Waals surface area (Å²) < 4.78 is 5.67. The molecule has 1 saturated heterocycles. The van der Waals surface area contributed by atoms with Crippen LogP contribution in [0.2, 0.25) is 0 Å². The molecule has 0 saturated carbocycles. The molecular weight excluding hydrogens is 248 g/mol. The van der Waals surface area contributed by atoms with E-state index in [0.29, 0.717) is 18.8 Å². The number of allylic oxidation sites excluding steroid dienone is 1. The second kappa shape index (κ2) is 12.4. The molecule has 20 heavy (non-hydrogen) atoms. The molecule has 1 rings (SSSR count). The van der Waals surface area contributed by atoms with Crippen molar-refractivity contribution >= 4 is 0 Å². The maximum atomic E-state index is 8.68. The van der Waals surface area contributed by atoms with Gasteiger partial charge in [0, 0.05) is 6.61 Å². The summed E-state index contributed by atoms with van der Waals surface area (Å²) in [5, 5.41) is 8.68. The molecule has 0 unspecified atom stereocenters. The molecule has 0 radical (unpaired) electrons. The summed E-state index contributed by atoms with van der Waals surface area (Å²) in [5.74, 6) is 0. The van der Waals surface area contributed by atoms with E-state index in [-0.39, 0.29) is 0 Å². The summed E-state index contributed by atoms with van der Waals surface area (Å²) in [5.41, 5.74) is 0. The summed E-state index contributed by atoms with van der Waals surface area (Å²) in [4.78, 5) is 0. The van der Waals surface area contributed by atoms with E-state index < -0.39 is 0 Å². The molecule has 1 fully saturated rings. The first-order valence-corrected chi connectivity index (χ1v) is 8.79. The molecule has 1 heterocycles. The Morgan fingerprint density at radius 2 is 1.60 bits per heavy atom. The van der Waals surface area contributed by atoms with Crippen LogP contribution in [0.25, 0.3) is 0 Å². The Bertz CT molecular complexity index is 238. The van der Waals surface area contributed by atoms with Crippen LogP contribution in [0.5, 0.6) is 0 Å². The number of hydrogen-bond acceptors (Lipinski definition) is 2. The van der Waals surface area contributed by atoms with Crippen LogP contribution in [0.4, 0.5) is 0 Å². The highest BCUT2D eigenvalue weighted by molar-refractivity contribution is 4.93. The van der Waals surface area contributed by atoms with E-state index in [1.54, 1.807) is 0 Å². The zero-order chi connectivity index (χ0) is 14.5. The molecule has 1 aliphatic rings. The maximum Gasteiger partial charge on any atom is 0.0876 e. The lowest BCUT2D eigenvalue weighted by Crippen LogP contribution is -1.92. The molecule has 0 aromatic rings. The van der Waals surface area contributed by atoms with Crippen molar-refractivity contribution in [1.29, 1.82) is 0 Å². The first-order valence-electron chi connectivity index (χ1n) is 8.79. The number of aliphatic hydroxyl groups is 1. The molecule has 2 nitrogen and oxygen atoms in total. The van der Waals surface area contributed by atoms with Crippen molar-refractivity contribution in [1.82, 2.24) is 0 Å². The van der Waals surface area contributed by atoms with Crippen molar-refractivity contribution in [3.63, 3.8) is 0 Å². The van der Waals surface area contributed by atoms with E-state index in [4.69, 9.17) is 9.84 Å². The van der Waals surface area contributed by atoms with Gasteiger partial charge in [0.05, 0.1) is 12.2 Å². The summed E-state index contributed by atoms with van der Waals surface area (Å²) in [7, 11) is 0. The lowest BCUT2D eigenvalue weighted by atomic mass is 10.1. The highest BCUT2D eigenvalue weighted by Crippen LogP contribution is 2.30. The van der Waals surface area contributed by atoms with E-state index in [0.717, 1.165) is 12.8 Å². The first kappa shape index (κ1) is 17.7. The van der Waals surface area contributed by atoms with Gasteiger partial charge in [-0.3, -0.25) is 0 Å². The van der Waals surface area contributed by atoms with Gasteiger partial charge in [0.2, 0.25) is 0 Å². The normalized spacial score (nSPS) is 21.7. The second-order valence-corrected chi connectivity index (χ2v) is 6.05. The van der Waals surface area contributed by atoms with Gasteiger partial charge < -0.3 is 9.84 Å². The fourth-order valence-corrected chi connectivity index (χ4v) is 2.67. The highest BCUT2D eigenvalue weighted by Gasteiger charge is 2.36. The van der Waals surface area contributed by atoms with E-state index in [2.05, 4.69) is 19.1 Å². The van der Waals surface area contributed by atoms with Crippen molar-refractivity contribution < 1.29 is 9.84 Å². The Balaban J connectivity index is 1.79. The third kappa shape index (κ3) is 9.55. The van der Waals surface area contributed by atoms with Crippen molar-refractivity contribution in [3.05, 3.63) is 12.2 Å². The number of epoxide rings is 1. The average molecular weight is 282 g/mol. The molecule has 1 N–H and O–H groups in total. The molecule has 1 aliphatic heterocycles. The third-order valence-electron chi connectivity index (χ3n) is 4.09. The minimum atomic E-state index is 0.353. The van der Waals surface area contributed by atoms with Gasteiger partial charge in [-0.2, -0.15) is 0 Å². The van der Waals surface area contributed by atoms with Gasteiger partial charge >= 0.3 is 0 Å². The van der Waals surface area contributed by atoms with Crippen molar-refractivity contribution in [2.24, 2.45) is 0 Å². The number of rotatable bonds is 14. The third-order valence-corrected chi connectivity index (χ3v) is 4.09. The SMILES string of the molecule is CCCCC[C@H]1O[C@H]1CC=CCCCCCCCCO. The Labute approximate surface area is 125 Å². The van der Waals surface area contributed by atoms with E-state index >= 15 is 0 Å². The fraction of sp³-hybridized carbons (Fsp3) is 0.889. The fourth-order valence-electron chi connectivity index (χ4n) is 2.67. The Hall–Kier alpha value is -0.340. The number of unbranched alkanes of at least 4 members (excludes halogenated alkanes) is 8. The highest BCUT2D eigenvalue weighted by atomic mass is 16.6. The molecule has 0 bridgehead atoms. The molecule has 118 valence electrons. The minimum absolute atomic E-state index is 0.353. The van der Waals surface area contributed by atoms with Crippen LogP contribution in [-0.4, -0.2) is 23.9 Å². The predicted molar refractivity (Wildman–Crippen MR) is 86.0 cm³/mol. The van der Waals surface area contributed by atoms with Crippen LogP contribution < -0.4 is 0 Å². The van der Waals surface area contributed by atoms with Crippen molar-refractivity contribution in [2.45, 2.75) is 96.2 Å². The number of aliphatic hydroxyl groups excluding tert-OH is 1. The van der Waals surface area contributed by atoms with Gasteiger partial charge in [-0.05, 0) is 32.1 Å². The molecule has 0 aromatic carbocycles. The van der Waals surface area contributed by atoms with Gasteiger partial charge in [0.15, 0.2) is 0 Å². The maximum absolute atomic E-state index is 8.68. The smallest absolute Gasteiger partial charge is 0.0876 e. The molecule has 0 spiro atoms. The van der Waals surface area contributed by atoms with Crippen LogP contribution in [0.3, 0.4) is 0 Å². The summed E-state index contributed by atoms with van der Waals surface area (Å²) in [6.07, 6.45) is 20.7. The number of hydrogen-bond donors (Lipinski definition) is 1. The van der Waals surface area contributed by atoms with Crippen LogP contribution in [-0.2, 0) is 4.74 Å². The topological polar surface area (TPSA) is 32.8 Å². The molecule has 2 heteroatoms. The number of ether oxygens (including phenoxy) is 1. The van der Waals surface area contributed by atoms with Crippen LogP contribution >= 0.6 is 0 Å². The van der Waals surface area contributed by atoms with Gasteiger partial charge in [0.25, 0.3) is 0 Å². The zero-order valence-corrected chi connectivity index (χ0v) is 13.4. The standard InChI is InChI=1S/C18H34O2/c1-2-3-11-14-17-18(20-17)15-12-9-7-5-4-6-8-10-13-16-19/h9,12,17-19H,2-8,10-11,13-16H2,1H3/t17-,18+/m1/s1. The Morgan fingerprint density at radius 1 is 0.850 bits per heavy atom. The molecular formula is C18H34O2. The predicted octanol–water partition coefficient (Wildman–Crippen LogP) is 5.00. The quantitative estimate of drug-likeness (QED) is 0.276. The Morgan fingerprint density at radius 3 is 2.35 bits per heavy atom. The largest absolute Gasteiger partial charge is 0.396 e. The summed E-state index contributed by atoms with van der Waals surface area (Å²) in [6.45, 7) is 2.60. The van der Waals surface area contributed by atoms with Crippen LogP contribution in [0.15, 0.2) is 12.2 Å². The van der Waals surface area contributed by atoms with Crippen LogP contribution in [0.1, 0.15) is 84.0 Å². The molecule has 0 aromatic heterocycles. The van der Waals surface area contributed by atoms with Gasteiger partial charge in [0.1, 0.15) is 0 Å². The zero-order valence-electron chi connectivity index (χ0n) is 13.4. The van der Waals surface area contributed by atoms with Crippen molar-refractivity contribution in [3.8, 4) is 0 Å². The van der Waals surface area contributed by atoms with E-state index in [9.17, 15) is 0 Å². The lowest BCUT2D eigenvalue weighted by Gasteiger charge is -1.98. The molecule has 0 aliphatic carbocycles. The summed E-state index contributed by atoms with van der Waals surface area (Å²) >= 11 is 0. The summed E-state index contributed by atoms with van der Waals surface area (Å²) in [6, 6.07) is 0. The minimum Gasteiger partial charge on any atom is -0.396 e. The monoisotopic (exact) mass is 282 g/mol. The van der Waals surface area contributed by atoms with Gasteiger partial charge in [-0.25, -0.2) is 0 Å². The van der Waals surface area contributed by atoms with Gasteiger partial charge in [-0.15, -0.1) is 0 Å². The first-order chi connectivity index (χ1) is 9.88. The lowest BCUT2D eigenvalue weighted by molar-refractivity contribution is 0.282.